The summed E-state index contributed by atoms with van der Waals surface area (Å²) in [5, 5.41) is 3.81. The van der Waals surface area contributed by atoms with Crippen molar-refractivity contribution in [2.45, 2.75) is 36.3 Å². The van der Waals surface area contributed by atoms with Gasteiger partial charge in [-0.2, -0.15) is 0 Å². The minimum atomic E-state index is -2.95. The van der Waals surface area contributed by atoms with Crippen molar-refractivity contribution in [2.24, 2.45) is 0 Å². The summed E-state index contributed by atoms with van der Waals surface area (Å²) in [5.74, 6) is 0.844. The molecule has 1 saturated carbocycles. The third-order valence-corrected chi connectivity index (χ3v) is 7.50. The molecule has 1 spiro atoms. The van der Waals surface area contributed by atoms with Gasteiger partial charge in [0, 0.05) is 30.0 Å². The topological polar surface area (TPSA) is 59.1 Å². The molecular formula is C13H16BrClN2O2S. The number of nitrogens with zero attached hydrogens (tertiary/aromatic N) is 1. The SMILES string of the molecule is CS(=O)(=O)C1CCC2(CC1)CNc1ncc(Br)c(Cl)c12. The highest BCUT2D eigenvalue weighted by Crippen LogP contribution is 2.50. The molecule has 1 aromatic heterocycles. The van der Waals surface area contributed by atoms with Crippen LogP contribution in [-0.4, -0.2) is 31.5 Å². The Morgan fingerprint density at radius 3 is 2.70 bits per heavy atom. The zero-order chi connectivity index (χ0) is 14.5. The highest BCUT2D eigenvalue weighted by molar-refractivity contribution is 9.10. The Kier molecular flexibility index (Phi) is 3.54. The van der Waals surface area contributed by atoms with E-state index in [1.54, 1.807) is 6.20 Å². The highest BCUT2D eigenvalue weighted by Gasteiger charge is 2.45. The van der Waals surface area contributed by atoms with Crippen LogP contribution < -0.4 is 5.32 Å². The van der Waals surface area contributed by atoms with Gasteiger partial charge in [-0.25, -0.2) is 13.4 Å². The Labute approximate surface area is 132 Å². The first-order valence-electron chi connectivity index (χ1n) is 6.61. The summed E-state index contributed by atoms with van der Waals surface area (Å²) in [6.45, 7) is 0.794. The van der Waals surface area contributed by atoms with Gasteiger partial charge >= 0.3 is 0 Å². The number of fused-ring (bicyclic) bond motifs is 2. The van der Waals surface area contributed by atoms with Crippen molar-refractivity contribution in [3.63, 3.8) is 0 Å². The Morgan fingerprint density at radius 2 is 2.10 bits per heavy atom. The molecule has 1 N–H and O–H groups in total. The number of anilines is 1. The molecule has 0 atom stereocenters. The predicted molar refractivity (Wildman–Crippen MR) is 84.2 cm³/mol. The van der Waals surface area contributed by atoms with E-state index in [4.69, 9.17) is 11.6 Å². The lowest BCUT2D eigenvalue weighted by Crippen LogP contribution is -2.38. The molecule has 0 bridgehead atoms. The fraction of sp³-hybridized carbons (Fsp3) is 0.615. The van der Waals surface area contributed by atoms with Gasteiger partial charge < -0.3 is 5.32 Å². The van der Waals surface area contributed by atoms with Crippen molar-refractivity contribution in [3.05, 3.63) is 21.3 Å². The summed E-state index contributed by atoms with van der Waals surface area (Å²) < 4.78 is 24.2. The van der Waals surface area contributed by atoms with Crippen LogP contribution in [0.5, 0.6) is 0 Å². The second kappa shape index (κ2) is 4.85. The lowest BCUT2D eigenvalue weighted by Gasteiger charge is -2.36. The standard InChI is InChI=1S/C13H16BrClN2O2S/c1-20(18,19)8-2-4-13(5-3-8)7-17-12-10(13)11(15)9(14)6-16-12/h6,8H,2-5,7H2,1H3,(H,16,17). The van der Waals surface area contributed by atoms with Crippen LogP contribution in [0.2, 0.25) is 5.02 Å². The summed E-state index contributed by atoms with van der Waals surface area (Å²) in [5.41, 5.74) is 0.991. The van der Waals surface area contributed by atoms with Gasteiger partial charge in [0.05, 0.1) is 14.7 Å². The smallest absolute Gasteiger partial charge is 0.150 e. The number of rotatable bonds is 1. The van der Waals surface area contributed by atoms with E-state index in [1.807, 2.05) is 0 Å². The molecule has 0 saturated heterocycles. The second-order valence-corrected chi connectivity index (χ2v) is 9.36. The van der Waals surface area contributed by atoms with Crippen LogP contribution in [0, 0.1) is 0 Å². The molecule has 0 amide bonds. The summed E-state index contributed by atoms with van der Waals surface area (Å²) in [7, 11) is -2.95. The maximum Gasteiger partial charge on any atom is 0.150 e. The highest BCUT2D eigenvalue weighted by atomic mass is 79.9. The van der Waals surface area contributed by atoms with Crippen molar-refractivity contribution < 1.29 is 8.42 Å². The maximum absolute atomic E-state index is 11.7. The Morgan fingerprint density at radius 1 is 1.45 bits per heavy atom. The quantitative estimate of drug-likeness (QED) is 0.814. The summed E-state index contributed by atoms with van der Waals surface area (Å²) in [4.78, 5) is 4.38. The zero-order valence-corrected chi connectivity index (χ0v) is 14.3. The second-order valence-electron chi connectivity index (χ2n) is 5.81. The van der Waals surface area contributed by atoms with Gasteiger partial charge in [0.2, 0.25) is 0 Å². The third kappa shape index (κ3) is 2.25. The first kappa shape index (κ1) is 14.6. The lowest BCUT2D eigenvalue weighted by molar-refractivity contribution is 0.320. The summed E-state index contributed by atoms with van der Waals surface area (Å²) in [6.07, 6.45) is 6.10. The summed E-state index contributed by atoms with van der Waals surface area (Å²) in [6, 6.07) is 0. The van der Waals surface area contributed by atoms with Crippen LogP contribution in [0.1, 0.15) is 31.2 Å². The molecule has 1 fully saturated rings. The average molecular weight is 380 g/mol. The van der Waals surface area contributed by atoms with Gasteiger partial charge in [-0.05, 0) is 41.6 Å². The van der Waals surface area contributed by atoms with Gasteiger partial charge in [-0.1, -0.05) is 11.6 Å². The van der Waals surface area contributed by atoms with Crippen molar-refractivity contribution in [2.75, 3.05) is 18.1 Å². The average Bonchev–Trinajstić information content (AvgIpc) is 2.73. The molecule has 7 heteroatoms. The van der Waals surface area contributed by atoms with E-state index in [2.05, 4.69) is 26.2 Å². The molecule has 2 aliphatic rings. The van der Waals surface area contributed by atoms with Crippen LogP contribution >= 0.6 is 27.5 Å². The fourth-order valence-corrected chi connectivity index (χ4v) is 5.16. The monoisotopic (exact) mass is 378 g/mol. The van der Waals surface area contributed by atoms with Gasteiger partial charge in [-0.15, -0.1) is 0 Å². The van der Waals surface area contributed by atoms with E-state index >= 15 is 0 Å². The van der Waals surface area contributed by atoms with E-state index in [0.717, 1.165) is 35.2 Å². The number of hydrogen-bond donors (Lipinski definition) is 1. The van der Waals surface area contributed by atoms with Crippen LogP contribution in [0.15, 0.2) is 10.7 Å². The number of sulfone groups is 1. The van der Waals surface area contributed by atoms with E-state index in [0.29, 0.717) is 17.9 Å². The molecule has 1 aromatic rings. The molecule has 0 unspecified atom stereocenters. The Bertz CT molecular complexity index is 655. The van der Waals surface area contributed by atoms with Gasteiger partial charge in [0.15, 0.2) is 0 Å². The van der Waals surface area contributed by atoms with Crippen molar-refractivity contribution in [1.82, 2.24) is 4.98 Å². The largest absolute Gasteiger partial charge is 0.369 e. The number of hydrogen-bond acceptors (Lipinski definition) is 4. The van der Waals surface area contributed by atoms with Crippen molar-refractivity contribution in [3.8, 4) is 0 Å². The Balaban J connectivity index is 1.94. The lowest BCUT2D eigenvalue weighted by atomic mass is 9.71. The van der Waals surface area contributed by atoms with E-state index in [1.165, 1.54) is 6.26 Å². The minimum Gasteiger partial charge on any atom is -0.369 e. The third-order valence-electron chi connectivity index (χ3n) is 4.59. The number of halogens is 2. The van der Waals surface area contributed by atoms with Crippen LogP contribution in [-0.2, 0) is 15.3 Å². The van der Waals surface area contributed by atoms with Crippen molar-refractivity contribution in [1.29, 1.82) is 0 Å². The van der Waals surface area contributed by atoms with Crippen LogP contribution in [0.3, 0.4) is 0 Å². The first-order valence-corrected chi connectivity index (χ1v) is 9.73. The molecule has 110 valence electrons. The summed E-state index contributed by atoms with van der Waals surface area (Å²) >= 11 is 9.87. The molecule has 1 aliphatic heterocycles. The normalized spacial score (nSPS) is 29.2. The van der Waals surface area contributed by atoms with Crippen LogP contribution in [0.25, 0.3) is 0 Å². The number of pyridine rings is 1. The van der Waals surface area contributed by atoms with Gasteiger partial charge in [0.1, 0.15) is 15.7 Å². The minimum absolute atomic E-state index is 0.0651. The van der Waals surface area contributed by atoms with Gasteiger partial charge in [0.25, 0.3) is 0 Å². The van der Waals surface area contributed by atoms with E-state index in [-0.39, 0.29) is 10.7 Å². The number of nitrogens with one attached hydrogen (secondary N) is 1. The fourth-order valence-electron chi connectivity index (χ4n) is 3.42. The zero-order valence-electron chi connectivity index (χ0n) is 11.1. The van der Waals surface area contributed by atoms with Crippen molar-refractivity contribution >= 4 is 43.2 Å². The predicted octanol–water partition coefficient (Wildman–Crippen LogP) is 3.15. The van der Waals surface area contributed by atoms with E-state index in [9.17, 15) is 8.42 Å². The molecule has 4 nitrogen and oxygen atoms in total. The number of aromatic nitrogens is 1. The molecular weight excluding hydrogens is 364 g/mol. The first-order chi connectivity index (χ1) is 9.33. The molecule has 2 heterocycles. The Hall–Kier alpha value is -0.330. The molecule has 0 aromatic carbocycles. The van der Waals surface area contributed by atoms with E-state index < -0.39 is 9.84 Å². The molecule has 3 rings (SSSR count). The van der Waals surface area contributed by atoms with Gasteiger partial charge in [-0.3, -0.25) is 0 Å². The molecule has 20 heavy (non-hydrogen) atoms. The maximum atomic E-state index is 11.7. The van der Waals surface area contributed by atoms with Crippen LogP contribution in [0.4, 0.5) is 5.82 Å². The molecule has 0 radical (unpaired) electrons. The molecule has 1 aliphatic carbocycles.